The molecule has 1 fully saturated rings. The van der Waals surface area contributed by atoms with E-state index in [1.165, 1.54) is 0 Å². The van der Waals surface area contributed by atoms with Crippen LogP contribution in [0.2, 0.25) is 0 Å². The highest BCUT2D eigenvalue weighted by molar-refractivity contribution is 7.99. The molecule has 1 unspecified atom stereocenters. The van der Waals surface area contributed by atoms with Gasteiger partial charge in [-0.2, -0.15) is 0 Å². The van der Waals surface area contributed by atoms with E-state index in [1.807, 2.05) is 18.2 Å². The lowest BCUT2D eigenvalue weighted by atomic mass is 9.79. The number of thioether (sulfide) groups is 1. The van der Waals surface area contributed by atoms with Crippen molar-refractivity contribution >= 4 is 28.6 Å². The van der Waals surface area contributed by atoms with Crippen LogP contribution in [0.1, 0.15) is 37.4 Å². The van der Waals surface area contributed by atoms with Gasteiger partial charge in [0.1, 0.15) is 18.2 Å². The predicted molar refractivity (Wildman–Crippen MR) is 129 cm³/mol. The molecule has 7 nitrogen and oxygen atoms in total. The zero-order chi connectivity index (χ0) is 23.9. The largest absolute Gasteiger partial charge is 0.497 e. The number of hydrogen-bond donors (Lipinski definition) is 1. The number of aliphatic carboxylic acids is 1. The molecule has 1 aliphatic heterocycles. The van der Waals surface area contributed by atoms with Crippen molar-refractivity contribution in [1.29, 1.82) is 0 Å². The molecule has 0 aliphatic carbocycles. The molecule has 3 atom stereocenters. The summed E-state index contributed by atoms with van der Waals surface area (Å²) < 4.78 is 26.0. The average Bonchev–Trinajstić information content (AvgIpc) is 3.36. The van der Waals surface area contributed by atoms with Crippen LogP contribution in [0, 0.1) is 11.8 Å². The number of carboxylic acid groups (broad SMARTS) is 1. The minimum absolute atomic E-state index is 0.0134. The number of rotatable bonds is 11. The van der Waals surface area contributed by atoms with Crippen molar-refractivity contribution in [3.8, 4) is 5.75 Å². The van der Waals surface area contributed by atoms with Crippen molar-refractivity contribution in [2.24, 2.45) is 11.8 Å². The number of oxazole rings is 1. The molecule has 0 bridgehead atoms. The number of likely N-dealkylation sites (tertiary alicyclic amines) is 1. The molecule has 1 aromatic carbocycles. The van der Waals surface area contributed by atoms with Crippen molar-refractivity contribution in [1.82, 2.24) is 14.9 Å². The maximum atomic E-state index is 15.4. The van der Waals surface area contributed by atoms with Crippen LogP contribution in [0.4, 0.5) is 4.39 Å². The Kier molecular flexibility index (Phi) is 8.39. The highest BCUT2D eigenvalue weighted by Crippen LogP contribution is 2.36. The molecule has 1 saturated heterocycles. The lowest BCUT2D eigenvalue weighted by Crippen LogP contribution is -2.42. The number of piperidine rings is 1. The van der Waals surface area contributed by atoms with Gasteiger partial charge in [0, 0.05) is 36.8 Å². The third-order valence-electron chi connectivity index (χ3n) is 6.57. The van der Waals surface area contributed by atoms with E-state index in [1.54, 1.807) is 43.6 Å². The van der Waals surface area contributed by atoms with E-state index < -0.39 is 12.1 Å². The van der Waals surface area contributed by atoms with Gasteiger partial charge in [-0.05, 0) is 67.5 Å². The molecule has 2 aromatic heterocycles. The predicted octanol–water partition coefficient (Wildman–Crippen LogP) is 5.23. The molecule has 9 heteroatoms. The van der Waals surface area contributed by atoms with Gasteiger partial charge in [0.25, 0.3) is 5.22 Å². The molecule has 4 rings (SSSR count). The Hall–Kier alpha value is -2.65. The standard InChI is InChI=1S/C25H30FN3O4S/c1-32-19-3-5-23-21(15-19)20(6-8-27-23)22(26)4-2-17-7-10-29(16-18(17)14-24(30)31)11-13-34-25-28-9-12-33-25/h3,5-6,8-9,12,15,17-18,22H,2,4,7,10-11,13-14,16H2,1H3,(H,30,31)/t17-,18+,22?/m1/s1. The Morgan fingerprint density at radius 2 is 2.21 bits per heavy atom. The first-order valence-electron chi connectivity index (χ1n) is 11.6. The van der Waals surface area contributed by atoms with Crippen LogP contribution in [-0.2, 0) is 4.79 Å². The summed E-state index contributed by atoms with van der Waals surface area (Å²) in [5.41, 5.74) is 1.35. The smallest absolute Gasteiger partial charge is 0.303 e. The van der Waals surface area contributed by atoms with Gasteiger partial charge in [-0.3, -0.25) is 9.78 Å². The monoisotopic (exact) mass is 487 g/mol. The third-order valence-corrected chi connectivity index (χ3v) is 7.40. The number of methoxy groups -OCH3 is 1. The van der Waals surface area contributed by atoms with Crippen molar-refractivity contribution in [2.75, 3.05) is 32.5 Å². The second-order valence-electron chi connectivity index (χ2n) is 8.68. The summed E-state index contributed by atoms with van der Waals surface area (Å²) in [7, 11) is 1.59. The summed E-state index contributed by atoms with van der Waals surface area (Å²) >= 11 is 1.55. The highest BCUT2D eigenvalue weighted by atomic mass is 32.2. The molecule has 182 valence electrons. The van der Waals surface area contributed by atoms with E-state index in [4.69, 9.17) is 9.15 Å². The van der Waals surface area contributed by atoms with Gasteiger partial charge in [0.2, 0.25) is 0 Å². The fourth-order valence-electron chi connectivity index (χ4n) is 4.80. The second-order valence-corrected chi connectivity index (χ2v) is 9.73. The van der Waals surface area contributed by atoms with Crippen molar-refractivity contribution < 1.29 is 23.4 Å². The summed E-state index contributed by atoms with van der Waals surface area (Å²) in [4.78, 5) is 22.3. The fraction of sp³-hybridized carbons (Fsp3) is 0.480. The molecule has 1 N–H and O–H groups in total. The number of aromatic nitrogens is 2. The molecule has 3 aromatic rings. The number of hydrogen-bond acceptors (Lipinski definition) is 7. The topological polar surface area (TPSA) is 88.7 Å². The zero-order valence-electron chi connectivity index (χ0n) is 19.2. The minimum atomic E-state index is -1.14. The van der Waals surface area contributed by atoms with Gasteiger partial charge in [-0.25, -0.2) is 9.37 Å². The Bertz CT molecular complexity index is 1080. The van der Waals surface area contributed by atoms with Gasteiger partial charge in [-0.15, -0.1) is 0 Å². The fourth-order valence-corrected chi connectivity index (χ4v) is 5.58. The minimum Gasteiger partial charge on any atom is -0.497 e. The lowest BCUT2D eigenvalue weighted by molar-refractivity contribution is -0.139. The normalized spacial score (nSPS) is 19.8. The first-order valence-corrected chi connectivity index (χ1v) is 12.5. The van der Waals surface area contributed by atoms with E-state index in [2.05, 4.69) is 14.9 Å². The van der Waals surface area contributed by atoms with E-state index >= 15 is 4.39 Å². The van der Waals surface area contributed by atoms with Crippen LogP contribution in [0.5, 0.6) is 5.75 Å². The van der Waals surface area contributed by atoms with E-state index in [0.717, 1.165) is 42.7 Å². The molecule has 1 aliphatic rings. The van der Waals surface area contributed by atoms with Crippen molar-refractivity contribution in [3.63, 3.8) is 0 Å². The van der Waals surface area contributed by atoms with Crippen LogP contribution in [-0.4, -0.2) is 58.4 Å². The number of fused-ring (bicyclic) bond motifs is 1. The summed E-state index contributed by atoms with van der Waals surface area (Å²) in [6, 6.07) is 7.21. The number of benzene rings is 1. The molecule has 3 heterocycles. The number of halogens is 1. The first-order chi connectivity index (χ1) is 16.5. The Morgan fingerprint density at radius 1 is 1.32 bits per heavy atom. The number of alkyl halides is 1. The van der Waals surface area contributed by atoms with Crippen LogP contribution < -0.4 is 4.74 Å². The number of pyridine rings is 1. The van der Waals surface area contributed by atoms with Gasteiger partial charge in [0.15, 0.2) is 0 Å². The van der Waals surface area contributed by atoms with Crippen LogP contribution in [0.3, 0.4) is 0 Å². The van der Waals surface area contributed by atoms with E-state index in [-0.39, 0.29) is 18.3 Å². The van der Waals surface area contributed by atoms with Crippen LogP contribution in [0.25, 0.3) is 10.9 Å². The molecular weight excluding hydrogens is 457 g/mol. The Balaban J connectivity index is 1.35. The van der Waals surface area contributed by atoms with Gasteiger partial charge in [0.05, 0.1) is 18.8 Å². The van der Waals surface area contributed by atoms with Gasteiger partial charge >= 0.3 is 5.97 Å². The molecule has 34 heavy (non-hydrogen) atoms. The Morgan fingerprint density at radius 3 is 2.97 bits per heavy atom. The summed E-state index contributed by atoms with van der Waals surface area (Å²) in [6.45, 7) is 2.45. The van der Waals surface area contributed by atoms with Crippen molar-refractivity contribution in [3.05, 3.63) is 48.5 Å². The molecular formula is C25H30FN3O4S. The average molecular weight is 488 g/mol. The second kappa shape index (κ2) is 11.7. The first kappa shape index (κ1) is 24.5. The number of carbonyl (C=O) groups is 1. The third kappa shape index (κ3) is 6.27. The maximum Gasteiger partial charge on any atom is 0.303 e. The number of ether oxygens (including phenoxy) is 1. The zero-order valence-corrected chi connectivity index (χ0v) is 20.0. The van der Waals surface area contributed by atoms with Gasteiger partial charge < -0.3 is 19.2 Å². The number of nitrogens with zero attached hydrogens (tertiary/aromatic N) is 3. The molecule has 0 spiro atoms. The summed E-state index contributed by atoms with van der Waals surface area (Å²) in [5, 5.41) is 10.9. The van der Waals surface area contributed by atoms with Crippen molar-refractivity contribution in [2.45, 2.75) is 37.1 Å². The maximum absolute atomic E-state index is 15.4. The van der Waals surface area contributed by atoms with Gasteiger partial charge in [-0.1, -0.05) is 11.8 Å². The summed E-state index contributed by atoms with van der Waals surface area (Å²) in [5.74, 6) is 0.904. The molecule has 0 radical (unpaired) electrons. The van der Waals surface area contributed by atoms with Crippen LogP contribution >= 0.6 is 11.8 Å². The SMILES string of the molecule is COc1ccc2nccc(C(F)CC[C@@H]3CCN(CCSc4ncco4)C[C@@H]3CC(=O)O)c2c1. The lowest BCUT2D eigenvalue weighted by Gasteiger charge is -2.38. The number of carboxylic acids is 1. The highest BCUT2D eigenvalue weighted by Gasteiger charge is 2.31. The Labute approximate surface area is 202 Å². The molecule has 0 amide bonds. The quantitative estimate of drug-likeness (QED) is 0.368. The summed E-state index contributed by atoms with van der Waals surface area (Å²) in [6.07, 6.45) is 5.68. The van der Waals surface area contributed by atoms with E-state index in [0.29, 0.717) is 29.4 Å². The van der Waals surface area contributed by atoms with Crippen LogP contribution in [0.15, 0.2) is 52.6 Å². The molecule has 0 saturated carbocycles. The van der Waals surface area contributed by atoms with E-state index in [9.17, 15) is 9.90 Å².